The van der Waals surface area contributed by atoms with E-state index in [1.165, 1.54) is 28.2 Å². The summed E-state index contributed by atoms with van der Waals surface area (Å²) < 4.78 is 12.0. The Balaban J connectivity index is 1.47. The molecule has 1 aliphatic rings. The van der Waals surface area contributed by atoms with Gasteiger partial charge in [0.15, 0.2) is 5.82 Å². The smallest absolute Gasteiger partial charge is 0.410 e. The Morgan fingerprint density at radius 2 is 2.00 bits per heavy atom. The topological polar surface area (TPSA) is 86.6 Å². The molecule has 0 unspecified atom stereocenters. The van der Waals surface area contributed by atoms with E-state index in [9.17, 15) is 9.59 Å². The molecule has 0 N–H and O–H groups in total. The second kappa shape index (κ2) is 7.84. The molecule has 0 radical (unpaired) electrons. The van der Waals surface area contributed by atoms with Crippen LogP contribution in [0.3, 0.4) is 0 Å². The van der Waals surface area contributed by atoms with Gasteiger partial charge in [-0.15, -0.1) is 5.10 Å². The van der Waals surface area contributed by atoms with Crippen LogP contribution in [0.1, 0.15) is 26.3 Å². The minimum absolute atomic E-state index is 0.329. The van der Waals surface area contributed by atoms with E-state index in [2.05, 4.69) is 10.1 Å². The maximum absolute atomic E-state index is 11.9. The zero-order chi connectivity index (χ0) is 20.3. The number of aromatic nitrogens is 3. The van der Waals surface area contributed by atoms with Crippen LogP contribution in [0.4, 0.5) is 4.79 Å². The van der Waals surface area contributed by atoms with E-state index in [1.54, 1.807) is 0 Å². The van der Waals surface area contributed by atoms with Crippen molar-refractivity contribution >= 4 is 18.3 Å². The van der Waals surface area contributed by atoms with E-state index < -0.39 is 17.7 Å². The molecule has 1 aromatic heterocycles. The fourth-order valence-corrected chi connectivity index (χ4v) is 2.59. The number of carbonyl (C=O) groups is 2. The van der Waals surface area contributed by atoms with Crippen molar-refractivity contribution < 1.29 is 19.1 Å². The molecule has 1 fully saturated rings. The van der Waals surface area contributed by atoms with Gasteiger partial charge in [-0.25, -0.2) is 19.3 Å². The van der Waals surface area contributed by atoms with E-state index >= 15 is 0 Å². The van der Waals surface area contributed by atoms with Crippen LogP contribution in [0, 0.1) is 6.92 Å². The van der Waals surface area contributed by atoms with Crippen molar-refractivity contribution in [2.75, 3.05) is 13.1 Å². The number of benzene rings is 1. The summed E-state index contributed by atoms with van der Waals surface area (Å²) in [5.41, 5.74) is 1.48. The molecular formula is C20H24N4O4. The summed E-state index contributed by atoms with van der Waals surface area (Å²) in [7, 11) is 0. The third-order valence-electron chi connectivity index (χ3n) is 3.93. The Hall–Kier alpha value is -3.16. The molecule has 2 heterocycles. The molecular weight excluding hydrogens is 360 g/mol. The SMILES string of the molecule is Cc1cccc(-c2ncn(C=CC(=O)OC3CN(C(=O)OC(C)(C)C)C3)n2)c1. The molecule has 0 saturated carbocycles. The van der Waals surface area contributed by atoms with Crippen molar-refractivity contribution in [2.24, 2.45) is 0 Å². The summed E-state index contributed by atoms with van der Waals surface area (Å²) in [6.07, 6.45) is 3.56. The van der Waals surface area contributed by atoms with Crippen LogP contribution >= 0.6 is 0 Å². The summed E-state index contributed by atoms with van der Waals surface area (Å²) in [5, 5.41) is 4.32. The molecule has 1 amide bonds. The normalized spacial score (nSPS) is 14.8. The van der Waals surface area contributed by atoms with E-state index in [0.717, 1.165) is 11.1 Å². The van der Waals surface area contributed by atoms with Crippen molar-refractivity contribution in [1.82, 2.24) is 19.7 Å². The van der Waals surface area contributed by atoms with Gasteiger partial charge in [-0.3, -0.25) is 0 Å². The number of nitrogens with zero attached hydrogens (tertiary/aromatic N) is 4. The first-order chi connectivity index (χ1) is 13.2. The van der Waals surface area contributed by atoms with E-state index in [1.807, 2.05) is 52.0 Å². The molecule has 0 spiro atoms. The van der Waals surface area contributed by atoms with Crippen LogP contribution in [0.5, 0.6) is 0 Å². The largest absolute Gasteiger partial charge is 0.455 e. The van der Waals surface area contributed by atoms with Gasteiger partial charge in [-0.05, 0) is 33.8 Å². The average Bonchev–Trinajstić information content (AvgIpc) is 3.03. The van der Waals surface area contributed by atoms with Crippen LogP contribution in [0.2, 0.25) is 0 Å². The van der Waals surface area contributed by atoms with E-state index in [4.69, 9.17) is 9.47 Å². The Labute approximate surface area is 163 Å². The van der Waals surface area contributed by atoms with Crippen LogP contribution in [0.25, 0.3) is 17.6 Å². The predicted octanol–water partition coefficient (Wildman–Crippen LogP) is 2.89. The molecule has 148 valence electrons. The van der Waals surface area contributed by atoms with Gasteiger partial charge in [-0.1, -0.05) is 23.8 Å². The van der Waals surface area contributed by atoms with Gasteiger partial charge >= 0.3 is 12.1 Å². The monoisotopic (exact) mass is 384 g/mol. The summed E-state index contributed by atoms with van der Waals surface area (Å²) in [4.78, 5) is 29.5. The molecule has 8 heteroatoms. The first-order valence-electron chi connectivity index (χ1n) is 9.04. The first-order valence-corrected chi connectivity index (χ1v) is 9.04. The average molecular weight is 384 g/mol. The number of amides is 1. The number of likely N-dealkylation sites (tertiary alicyclic amines) is 1. The quantitative estimate of drug-likeness (QED) is 0.595. The molecule has 3 rings (SSSR count). The minimum atomic E-state index is -0.545. The summed E-state index contributed by atoms with van der Waals surface area (Å²) in [5.74, 6) is 0.0788. The number of ether oxygens (including phenoxy) is 2. The molecule has 2 aromatic rings. The standard InChI is InChI=1S/C20H24N4O4/c1-14-6-5-7-15(10-14)18-21-13-24(22-18)9-8-17(25)27-16-11-23(12-16)19(26)28-20(2,3)4/h5-10,13,16H,11-12H2,1-4H3. The van der Waals surface area contributed by atoms with Crippen molar-refractivity contribution in [3.8, 4) is 11.4 Å². The lowest BCUT2D eigenvalue weighted by molar-refractivity contribution is -0.150. The van der Waals surface area contributed by atoms with Crippen LogP contribution < -0.4 is 0 Å². The number of esters is 1. The van der Waals surface area contributed by atoms with Crippen LogP contribution in [0.15, 0.2) is 36.7 Å². The lowest BCUT2D eigenvalue weighted by Crippen LogP contribution is -2.56. The Morgan fingerprint density at radius 1 is 1.25 bits per heavy atom. The number of hydrogen-bond acceptors (Lipinski definition) is 6. The molecule has 28 heavy (non-hydrogen) atoms. The Morgan fingerprint density at radius 3 is 2.68 bits per heavy atom. The number of aryl methyl sites for hydroxylation is 1. The second-order valence-corrected chi connectivity index (χ2v) is 7.68. The maximum Gasteiger partial charge on any atom is 0.410 e. The molecule has 0 bridgehead atoms. The highest BCUT2D eigenvalue weighted by molar-refractivity contribution is 5.85. The van der Waals surface area contributed by atoms with Crippen molar-refractivity contribution in [2.45, 2.75) is 39.4 Å². The third kappa shape index (κ3) is 5.18. The van der Waals surface area contributed by atoms with Crippen molar-refractivity contribution in [3.63, 3.8) is 0 Å². The fraction of sp³-hybridized carbons (Fsp3) is 0.400. The van der Waals surface area contributed by atoms with E-state index in [0.29, 0.717) is 18.9 Å². The predicted molar refractivity (Wildman–Crippen MR) is 103 cm³/mol. The van der Waals surface area contributed by atoms with Gasteiger partial charge in [0, 0.05) is 17.8 Å². The van der Waals surface area contributed by atoms with Crippen LogP contribution in [-0.2, 0) is 14.3 Å². The van der Waals surface area contributed by atoms with Gasteiger partial charge in [0.05, 0.1) is 13.1 Å². The Bertz CT molecular complexity index is 892. The molecule has 0 aliphatic carbocycles. The van der Waals surface area contributed by atoms with Gasteiger partial charge in [-0.2, -0.15) is 0 Å². The first kappa shape index (κ1) is 19.6. The molecule has 1 saturated heterocycles. The maximum atomic E-state index is 11.9. The number of hydrogen-bond donors (Lipinski definition) is 0. The van der Waals surface area contributed by atoms with E-state index in [-0.39, 0.29) is 6.10 Å². The Kier molecular flexibility index (Phi) is 5.48. The zero-order valence-corrected chi connectivity index (χ0v) is 16.5. The lowest BCUT2D eigenvalue weighted by atomic mass is 10.1. The highest BCUT2D eigenvalue weighted by atomic mass is 16.6. The summed E-state index contributed by atoms with van der Waals surface area (Å²) in [6, 6.07) is 7.86. The summed E-state index contributed by atoms with van der Waals surface area (Å²) in [6.45, 7) is 8.08. The van der Waals surface area contributed by atoms with Gasteiger partial charge in [0.25, 0.3) is 0 Å². The molecule has 8 nitrogen and oxygen atoms in total. The van der Waals surface area contributed by atoms with Gasteiger partial charge in [0.1, 0.15) is 18.0 Å². The fourth-order valence-electron chi connectivity index (χ4n) is 2.59. The molecule has 0 atom stereocenters. The summed E-state index contributed by atoms with van der Waals surface area (Å²) >= 11 is 0. The highest BCUT2D eigenvalue weighted by Crippen LogP contribution is 2.18. The number of rotatable bonds is 4. The van der Waals surface area contributed by atoms with Gasteiger partial charge < -0.3 is 14.4 Å². The zero-order valence-electron chi connectivity index (χ0n) is 16.5. The van der Waals surface area contributed by atoms with Crippen LogP contribution in [-0.4, -0.2) is 56.5 Å². The van der Waals surface area contributed by atoms with Crippen molar-refractivity contribution in [3.05, 3.63) is 42.2 Å². The molecule has 1 aromatic carbocycles. The molecule has 1 aliphatic heterocycles. The minimum Gasteiger partial charge on any atom is -0.455 e. The van der Waals surface area contributed by atoms with Crippen molar-refractivity contribution in [1.29, 1.82) is 0 Å². The highest BCUT2D eigenvalue weighted by Gasteiger charge is 2.35. The third-order valence-corrected chi connectivity index (χ3v) is 3.93. The van der Waals surface area contributed by atoms with Gasteiger partial charge in [0.2, 0.25) is 0 Å². The second-order valence-electron chi connectivity index (χ2n) is 7.68. The number of carbonyl (C=O) groups excluding carboxylic acids is 2. The lowest BCUT2D eigenvalue weighted by Gasteiger charge is -2.38.